The Balaban J connectivity index is 2.15. The van der Waals surface area contributed by atoms with Crippen LogP contribution in [-0.2, 0) is 9.53 Å². The van der Waals surface area contributed by atoms with Crippen LogP contribution in [0.1, 0.15) is 18.9 Å². The Bertz CT molecular complexity index is 455. The average molecular weight is 297 g/mol. The van der Waals surface area contributed by atoms with Crippen LogP contribution in [0.5, 0.6) is 0 Å². The molecule has 2 atom stereocenters. The first kappa shape index (κ1) is 15.2. The van der Waals surface area contributed by atoms with E-state index < -0.39 is 6.04 Å². The van der Waals surface area contributed by atoms with Crippen molar-refractivity contribution < 1.29 is 13.9 Å². The zero-order chi connectivity index (χ0) is 14.5. The first-order chi connectivity index (χ1) is 9.60. The van der Waals surface area contributed by atoms with Gasteiger partial charge in [-0.3, -0.25) is 0 Å². The number of thioether (sulfide) groups is 1. The van der Waals surface area contributed by atoms with Crippen LogP contribution in [0.4, 0.5) is 10.1 Å². The van der Waals surface area contributed by atoms with Crippen molar-refractivity contribution in [2.75, 3.05) is 23.4 Å². The van der Waals surface area contributed by atoms with Crippen LogP contribution in [0.15, 0.2) is 18.2 Å². The van der Waals surface area contributed by atoms with E-state index in [9.17, 15) is 9.18 Å². The minimum atomic E-state index is -0.397. The Morgan fingerprint density at radius 1 is 1.55 bits per heavy atom. The Kier molecular flexibility index (Phi) is 5.29. The number of aryl methyl sites for hydroxylation is 1. The first-order valence-corrected chi connectivity index (χ1v) is 8.03. The van der Waals surface area contributed by atoms with E-state index in [0.717, 1.165) is 23.5 Å². The number of carbonyl (C=O) groups is 1. The van der Waals surface area contributed by atoms with Gasteiger partial charge in [-0.05, 0) is 61.5 Å². The van der Waals surface area contributed by atoms with Crippen LogP contribution < -0.4 is 5.32 Å². The average Bonchev–Trinajstić information content (AvgIpc) is 2.88. The number of hydrogen-bond donors (Lipinski definition) is 1. The fraction of sp³-hybridized carbons (Fsp3) is 0.533. The van der Waals surface area contributed by atoms with Crippen molar-refractivity contribution in [3.8, 4) is 0 Å². The van der Waals surface area contributed by atoms with Gasteiger partial charge in [-0.1, -0.05) is 0 Å². The molecule has 1 heterocycles. The Hall–Kier alpha value is -1.23. The van der Waals surface area contributed by atoms with Crippen LogP contribution in [-0.4, -0.2) is 30.1 Å². The second-order valence-electron chi connectivity index (χ2n) is 5.01. The lowest BCUT2D eigenvalue weighted by molar-refractivity contribution is -0.145. The molecule has 0 amide bonds. The molecule has 0 bridgehead atoms. The standard InChI is InChI=1S/C15H20FNO2S/c1-3-19-15(18)14(11-4-5-20-9-11)17-13-7-10(2)6-12(16)8-13/h6-8,11,14,17H,3-5,9H2,1-2H3. The van der Waals surface area contributed by atoms with Crippen molar-refractivity contribution in [1.82, 2.24) is 0 Å². The molecule has 0 spiro atoms. The highest BCUT2D eigenvalue weighted by Gasteiger charge is 2.32. The highest BCUT2D eigenvalue weighted by atomic mass is 32.2. The third-order valence-corrected chi connectivity index (χ3v) is 4.53. The van der Waals surface area contributed by atoms with Crippen molar-refractivity contribution in [2.45, 2.75) is 26.3 Å². The van der Waals surface area contributed by atoms with E-state index in [0.29, 0.717) is 12.3 Å². The summed E-state index contributed by atoms with van der Waals surface area (Å²) in [5.74, 6) is 1.69. The molecule has 110 valence electrons. The number of anilines is 1. The third-order valence-electron chi connectivity index (χ3n) is 3.34. The quantitative estimate of drug-likeness (QED) is 0.847. The lowest BCUT2D eigenvalue weighted by atomic mass is 9.98. The molecular weight excluding hydrogens is 277 g/mol. The molecule has 1 aromatic rings. The van der Waals surface area contributed by atoms with Gasteiger partial charge in [0.25, 0.3) is 0 Å². The second-order valence-corrected chi connectivity index (χ2v) is 6.16. The minimum Gasteiger partial charge on any atom is -0.464 e. The molecule has 1 aliphatic heterocycles. The van der Waals surface area contributed by atoms with E-state index in [1.165, 1.54) is 12.1 Å². The molecule has 0 radical (unpaired) electrons. The summed E-state index contributed by atoms with van der Waals surface area (Å²) in [4.78, 5) is 12.1. The van der Waals surface area contributed by atoms with E-state index in [1.54, 1.807) is 6.92 Å². The molecule has 0 aliphatic carbocycles. The molecule has 1 saturated heterocycles. The molecule has 2 unspecified atom stereocenters. The number of rotatable bonds is 5. The SMILES string of the molecule is CCOC(=O)C(Nc1cc(C)cc(F)c1)C1CCSC1. The number of ether oxygens (including phenoxy) is 1. The lowest BCUT2D eigenvalue weighted by Gasteiger charge is -2.23. The predicted octanol–water partition coefficient (Wildman–Crippen LogP) is 3.23. The van der Waals surface area contributed by atoms with Gasteiger partial charge in [-0.25, -0.2) is 9.18 Å². The van der Waals surface area contributed by atoms with E-state index >= 15 is 0 Å². The molecule has 2 rings (SSSR count). The zero-order valence-electron chi connectivity index (χ0n) is 11.8. The first-order valence-electron chi connectivity index (χ1n) is 6.88. The van der Waals surface area contributed by atoms with Crippen LogP contribution in [0.2, 0.25) is 0 Å². The van der Waals surface area contributed by atoms with Gasteiger partial charge in [-0.2, -0.15) is 11.8 Å². The Labute approximate surface area is 123 Å². The van der Waals surface area contributed by atoms with Crippen LogP contribution in [0.3, 0.4) is 0 Å². The van der Waals surface area contributed by atoms with E-state index in [1.807, 2.05) is 24.8 Å². The molecule has 1 N–H and O–H groups in total. The van der Waals surface area contributed by atoms with Crippen LogP contribution in [0.25, 0.3) is 0 Å². The van der Waals surface area contributed by atoms with Gasteiger partial charge in [0.2, 0.25) is 0 Å². The molecule has 1 aliphatic rings. The number of benzene rings is 1. The monoisotopic (exact) mass is 297 g/mol. The molecule has 0 aromatic heterocycles. The van der Waals surface area contributed by atoms with Crippen molar-refractivity contribution in [3.63, 3.8) is 0 Å². The fourth-order valence-electron chi connectivity index (χ4n) is 2.42. The molecule has 5 heteroatoms. The highest BCUT2D eigenvalue weighted by Crippen LogP contribution is 2.29. The van der Waals surface area contributed by atoms with Crippen molar-refractivity contribution in [3.05, 3.63) is 29.6 Å². The van der Waals surface area contributed by atoms with Crippen LogP contribution >= 0.6 is 11.8 Å². The number of esters is 1. The highest BCUT2D eigenvalue weighted by molar-refractivity contribution is 7.99. The van der Waals surface area contributed by atoms with Crippen molar-refractivity contribution in [2.24, 2.45) is 5.92 Å². The number of hydrogen-bond acceptors (Lipinski definition) is 4. The number of nitrogens with one attached hydrogen (secondary N) is 1. The van der Waals surface area contributed by atoms with Crippen molar-refractivity contribution >= 4 is 23.4 Å². The Morgan fingerprint density at radius 2 is 2.35 bits per heavy atom. The molecule has 1 aromatic carbocycles. The summed E-state index contributed by atoms with van der Waals surface area (Å²) in [6, 6.07) is 4.33. The van der Waals surface area contributed by atoms with Crippen LogP contribution in [0, 0.1) is 18.7 Å². The molecule has 3 nitrogen and oxygen atoms in total. The summed E-state index contributed by atoms with van der Waals surface area (Å²) in [5, 5.41) is 3.16. The second kappa shape index (κ2) is 6.97. The lowest BCUT2D eigenvalue weighted by Crippen LogP contribution is -2.38. The largest absolute Gasteiger partial charge is 0.464 e. The third kappa shape index (κ3) is 3.88. The van der Waals surface area contributed by atoms with Gasteiger partial charge in [0.05, 0.1) is 6.61 Å². The van der Waals surface area contributed by atoms with Gasteiger partial charge >= 0.3 is 5.97 Å². The summed E-state index contributed by atoms with van der Waals surface area (Å²) in [7, 11) is 0. The molecular formula is C15H20FNO2S. The zero-order valence-corrected chi connectivity index (χ0v) is 12.6. The summed E-state index contributed by atoms with van der Waals surface area (Å²) >= 11 is 1.84. The fourth-order valence-corrected chi connectivity index (χ4v) is 3.71. The van der Waals surface area contributed by atoms with Gasteiger partial charge in [0.1, 0.15) is 11.9 Å². The number of carbonyl (C=O) groups excluding carboxylic acids is 1. The number of halogens is 1. The topological polar surface area (TPSA) is 38.3 Å². The molecule has 20 heavy (non-hydrogen) atoms. The predicted molar refractivity (Wildman–Crippen MR) is 80.6 cm³/mol. The van der Waals surface area contributed by atoms with Crippen molar-refractivity contribution in [1.29, 1.82) is 0 Å². The van der Waals surface area contributed by atoms with Gasteiger partial charge in [-0.15, -0.1) is 0 Å². The maximum atomic E-state index is 13.4. The van der Waals surface area contributed by atoms with E-state index in [2.05, 4.69) is 5.32 Å². The van der Waals surface area contributed by atoms with Gasteiger partial charge in [0.15, 0.2) is 0 Å². The molecule has 0 saturated carbocycles. The molecule has 1 fully saturated rings. The summed E-state index contributed by atoms with van der Waals surface area (Å²) < 4.78 is 18.6. The minimum absolute atomic E-state index is 0.239. The smallest absolute Gasteiger partial charge is 0.328 e. The van der Waals surface area contributed by atoms with E-state index in [-0.39, 0.29) is 17.7 Å². The summed E-state index contributed by atoms with van der Waals surface area (Å²) in [6.45, 7) is 3.99. The summed E-state index contributed by atoms with van der Waals surface area (Å²) in [5.41, 5.74) is 1.47. The maximum Gasteiger partial charge on any atom is 0.328 e. The van der Waals surface area contributed by atoms with Gasteiger partial charge < -0.3 is 10.1 Å². The maximum absolute atomic E-state index is 13.4. The van der Waals surface area contributed by atoms with Gasteiger partial charge in [0, 0.05) is 5.69 Å². The van der Waals surface area contributed by atoms with E-state index in [4.69, 9.17) is 4.74 Å². The normalized spacial score (nSPS) is 19.6. The Morgan fingerprint density at radius 3 is 2.95 bits per heavy atom. The summed E-state index contributed by atoms with van der Waals surface area (Å²) in [6.07, 6.45) is 0.982.